The van der Waals surface area contributed by atoms with Crippen LogP contribution in [0.4, 0.5) is 0 Å². The van der Waals surface area contributed by atoms with Crippen molar-refractivity contribution in [3.05, 3.63) is 0 Å². The first-order valence-corrected chi connectivity index (χ1v) is 5.78. The Kier molecular flexibility index (Phi) is 4.85. The van der Waals surface area contributed by atoms with Gasteiger partial charge in [0.25, 0.3) is 0 Å². The van der Waals surface area contributed by atoms with Gasteiger partial charge in [0, 0.05) is 18.6 Å². The van der Waals surface area contributed by atoms with Crippen LogP contribution in [0.15, 0.2) is 0 Å². The molecule has 3 heteroatoms. The Balaban J connectivity index is 2.51. The summed E-state index contributed by atoms with van der Waals surface area (Å²) in [6, 6.07) is 0.410. The Labute approximate surface area is 87.4 Å². The maximum Gasteiger partial charge on any atom is 0.0591 e. The lowest BCUT2D eigenvalue weighted by Gasteiger charge is -2.30. The average Bonchev–Trinajstić information content (AvgIpc) is 2.54. The Hall–Kier alpha value is -0.120. The van der Waals surface area contributed by atoms with Gasteiger partial charge in [0.15, 0.2) is 0 Å². The summed E-state index contributed by atoms with van der Waals surface area (Å²) in [6.07, 6.45) is 3.96. The van der Waals surface area contributed by atoms with Gasteiger partial charge in [0.1, 0.15) is 0 Å². The number of nitrogens with one attached hydrogen (secondary N) is 1. The van der Waals surface area contributed by atoms with Gasteiger partial charge in [-0.3, -0.25) is 11.3 Å². The highest BCUT2D eigenvalue weighted by molar-refractivity contribution is 4.86. The number of ether oxygens (including phenoxy) is 1. The molecule has 0 aromatic rings. The average molecular weight is 200 g/mol. The van der Waals surface area contributed by atoms with Gasteiger partial charge in [-0.05, 0) is 25.7 Å². The second-order valence-corrected chi connectivity index (χ2v) is 4.49. The molecule has 1 rings (SSSR count). The Morgan fingerprint density at radius 2 is 2.29 bits per heavy atom. The highest BCUT2D eigenvalue weighted by Gasteiger charge is 2.33. The third kappa shape index (κ3) is 2.69. The molecule has 84 valence electrons. The molecule has 3 N–H and O–H groups in total. The molecule has 0 spiro atoms. The van der Waals surface area contributed by atoms with Gasteiger partial charge >= 0.3 is 0 Å². The summed E-state index contributed by atoms with van der Waals surface area (Å²) in [6.45, 7) is 7.54. The number of hydrazine groups is 1. The van der Waals surface area contributed by atoms with E-state index in [1.165, 1.54) is 12.8 Å². The molecule has 0 aromatic heterocycles. The van der Waals surface area contributed by atoms with E-state index in [9.17, 15) is 0 Å². The summed E-state index contributed by atoms with van der Waals surface area (Å²) in [5, 5.41) is 0. The Bertz CT molecular complexity index is 163. The van der Waals surface area contributed by atoms with Gasteiger partial charge in [-0.25, -0.2) is 0 Å². The molecule has 4 atom stereocenters. The third-order valence-corrected chi connectivity index (χ3v) is 3.45. The summed E-state index contributed by atoms with van der Waals surface area (Å²) in [4.78, 5) is 0. The second kappa shape index (κ2) is 5.69. The maximum atomic E-state index is 5.64. The van der Waals surface area contributed by atoms with Crippen LogP contribution in [0.1, 0.15) is 40.0 Å². The fourth-order valence-corrected chi connectivity index (χ4v) is 2.56. The van der Waals surface area contributed by atoms with Gasteiger partial charge in [0.05, 0.1) is 6.10 Å². The van der Waals surface area contributed by atoms with Crippen molar-refractivity contribution in [3.63, 3.8) is 0 Å². The fourth-order valence-electron chi connectivity index (χ4n) is 2.56. The van der Waals surface area contributed by atoms with Crippen LogP contribution in [0.2, 0.25) is 0 Å². The van der Waals surface area contributed by atoms with Crippen molar-refractivity contribution in [1.82, 2.24) is 5.43 Å². The molecule has 3 nitrogen and oxygen atoms in total. The SMILES string of the molecule is CCCC(C)C(NN)C1CCOC1C. The minimum Gasteiger partial charge on any atom is -0.378 e. The highest BCUT2D eigenvalue weighted by Crippen LogP contribution is 2.28. The molecule has 0 aromatic carbocycles. The lowest BCUT2D eigenvalue weighted by atomic mass is 9.83. The zero-order chi connectivity index (χ0) is 10.6. The minimum absolute atomic E-state index is 0.357. The molecule has 0 radical (unpaired) electrons. The quantitative estimate of drug-likeness (QED) is 0.524. The van der Waals surface area contributed by atoms with Gasteiger partial charge in [-0.1, -0.05) is 20.3 Å². The summed E-state index contributed by atoms with van der Waals surface area (Å²) in [5.41, 5.74) is 2.98. The van der Waals surface area contributed by atoms with Gasteiger partial charge in [0.2, 0.25) is 0 Å². The lowest BCUT2D eigenvalue weighted by molar-refractivity contribution is 0.0868. The van der Waals surface area contributed by atoms with Crippen LogP contribution < -0.4 is 11.3 Å². The molecule has 1 heterocycles. The number of hydrogen-bond acceptors (Lipinski definition) is 3. The van der Waals surface area contributed by atoms with Crippen LogP contribution in [0, 0.1) is 11.8 Å². The fraction of sp³-hybridized carbons (Fsp3) is 1.00. The van der Waals surface area contributed by atoms with E-state index in [1.54, 1.807) is 0 Å². The topological polar surface area (TPSA) is 47.3 Å². The summed E-state index contributed by atoms with van der Waals surface area (Å²) in [5.74, 6) is 6.86. The van der Waals surface area contributed by atoms with E-state index in [1.807, 2.05) is 0 Å². The smallest absolute Gasteiger partial charge is 0.0591 e. The summed E-state index contributed by atoms with van der Waals surface area (Å²) < 4.78 is 5.58. The van der Waals surface area contributed by atoms with E-state index in [4.69, 9.17) is 10.6 Å². The Morgan fingerprint density at radius 1 is 1.57 bits per heavy atom. The molecular formula is C11H24N2O. The molecule has 0 amide bonds. The van der Waals surface area contributed by atoms with Crippen molar-refractivity contribution < 1.29 is 4.74 Å². The van der Waals surface area contributed by atoms with Gasteiger partial charge in [-0.15, -0.1) is 0 Å². The zero-order valence-corrected chi connectivity index (χ0v) is 9.62. The van der Waals surface area contributed by atoms with Crippen LogP contribution in [0.3, 0.4) is 0 Å². The molecule has 4 unspecified atom stereocenters. The third-order valence-electron chi connectivity index (χ3n) is 3.45. The monoisotopic (exact) mass is 200 g/mol. The van der Waals surface area contributed by atoms with Gasteiger partial charge < -0.3 is 4.74 Å². The van der Waals surface area contributed by atoms with Crippen LogP contribution in [-0.4, -0.2) is 18.8 Å². The van der Waals surface area contributed by atoms with E-state index >= 15 is 0 Å². The zero-order valence-electron chi connectivity index (χ0n) is 9.62. The Morgan fingerprint density at radius 3 is 2.71 bits per heavy atom. The predicted octanol–water partition coefficient (Wildman–Crippen LogP) is 1.68. The first-order valence-electron chi connectivity index (χ1n) is 5.78. The largest absolute Gasteiger partial charge is 0.378 e. The highest BCUT2D eigenvalue weighted by atomic mass is 16.5. The number of hydrogen-bond donors (Lipinski definition) is 2. The van der Waals surface area contributed by atoms with Gasteiger partial charge in [-0.2, -0.15) is 0 Å². The predicted molar refractivity (Wildman–Crippen MR) is 58.7 cm³/mol. The first-order chi connectivity index (χ1) is 6.70. The van der Waals surface area contributed by atoms with E-state index in [0.29, 0.717) is 24.0 Å². The van der Waals surface area contributed by atoms with E-state index < -0.39 is 0 Å². The van der Waals surface area contributed by atoms with Crippen molar-refractivity contribution in [2.45, 2.75) is 52.2 Å². The maximum absolute atomic E-state index is 5.64. The van der Waals surface area contributed by atoms with Crippen LogP contribution in [-0.2, 0) is 4.74 Å². The number of rotatable bonds is 5. The minimum atomic E-state index is 0.357. The van der Waals surface area contributed by atoms with Crippen LogP contribution in [0.25, 0.3) is 0 Å². The molecule has 14 heavy (non-hydrogen) atoms. The first kappa shape index (κ1) is 12.0. The summed E-state index contributed by atoms with van der Waals surface area (Å²) >= 11 is 0. The van der Waals surface area contributed by atoms with Crippen molar-refractivity contribution in [3.8, 4) is 0 Å². The summed E-state index contributed by atoms with van der Waals surface area (Å²) in [7, 11) is 0. The van der Waals surface area contributed by atoms with E-state index in [-0.39, 0.29) is 0 Å². The van der Waals surface area contributed by atoms with E-state index in [2.05, 4.69) is 26.2 Å². The van der Waals surface area contributed by atoms with E-state index in [0.717, 1.165) is 13.0 Å². The molecule has 1 aliphatic heterocycles. The molecule has 1 saturated heterocycles. The second-order valence-electron chi connectivity index (χ2n) is 4.49. The lowest BCUT2D eigenvalue weighted by Crippen LogP contribution is -2.47. The van der Waals surface area contributed by atoms with Crippen molar-refractivity contribution >= 4 is 0 Å². The molecule has 0 bridgehead atoms. The molecule has 1 fully saturated rings. The van der Waals surface area contributed by atoms with Crippen LogP contribution in [0.5, 0.6) is 0 Å². The van der Waals surface area contributed by atoms with Crippen molar-refractivity contribution in [2.24, 2.45) is 17.7 Å². The van der Waals surface area contributed by atoms with Crippen molar-refractivity contribution in [1.29, 1.82) is 0 Å². The van der Waals surface area contributed by atoms with Crippen molar-refractivity contribution in [2.75, 3.05) is 6.61 Å². The van der Waals surface area contributed by atoms with Crippen LogP contribution >= 0.6 is 0 Å². The molecule has 0 aliphatic carbocycles. The molecule has 0 saturated carbocycles. The standard InChI is InChI=1S/C11H24N2O/c1-4-5-8(2)11(13-12)10-6-7-14-9(10)3/h8-11,13H,4-7,12H2,1-3H3. The normalized spacial score (nSPS) is 31.7. The number of nitrogens with two attached hydrogens (primary N) is 1. The molecular weight excluding hydrogens is 176 g/mol. The molecule has 1 aliphatic rings.